The average molecular weight is 251 g/mol. The van der Waals surface area contributed by atoms with Crippen LogP contribution >= 0.6 is 0 Å². The van der Waals surface area contributed by atoms with Crippen LogP contribution < -0.4 is 5.73 Å². The van der Waals surface area contributed by atoms with Crippen LogP contribution in [0.5, 0.6) is 0 Å². The molecule has 0 bridgehead atoms. The fraction of sp³-hybridized carbons (Fsp3) is 0.308. The van der Waals surface area contributed by atoms with Gasteiger partial charge >= 0.3 is 0 Å². The monoisotopic (exact) mass is 251 g/mol. The van der Waals surface area contributed by atoms with Gasteiger partial charge in [0.15, 0.2) is 0 Å². The molecule has 0 saturated heterocycles. The molecule has 18 heavy (non-hydrogen) atoms. The molecular weight excluding hydrogens is 236 g/mol. The zero-order valence-corrected chi connectivity index (χ0v) is 10.1. The SMILES string of the molecule is CC(CF)(CF)c1cc(N)n(-c2ccccc2)n1. The van der Waals surface area contributed by atoms with Crippen molar-refractivity contribution in [2.24, 2.45) is 0 Å². The maximum atomic E-state index is 12.9. The van der Waals surface area contributed by atoms with E-state index in [0.717, 1.165) is 5.69 Å². The number of halogens is 2. The molecule has 0 spiro atoms. The van der Waals surface area contributed by atoms with Crippen molar-refractivity contribution in [3.05, 3.63) is 42.1 Å². The summed E-state index contributed by atoms with van der Waals surface area (Å²) in [6.07, 6.45) is 0. The predicted octanol–water partition coefficient (Wildman–Crippen LogP) is 2.65. The van der Waals surface area contributed by atoms with E-state index in [2.05, 4.69) is 5.10 Å². The minimum absolute atomic E-state index is 0.328. The Kier molecular flexibility index (Phi) is 3.32. The van der Waals surface area contributed by atoms with Gasteiger partial charge in [-0.1, -0.05) is 18.2 Å². The van der Waals surface area contributed by atoms with Crippen LogP contribution in [0.15, 0.2) is 36.4 Å². The molecule has 0 amide bonds. The molecule has 2 aromatic rings. The Hall–Kier alpha value is -1.91. The number of hydrogen-bond donors (Lipinski definition) is 1. The van der Waals surface area contributed by atoms with Gasteiger partial charge < -0.3 is 5.73 Å². The molecule has 2 N–H and O–H groups in total. The normalized spacial score (nSPS) is 11.7. The summed E-state index contributed by atoms with van der Waals surface area (Å²) in [5.41, 5.74) is 5.70. The van der Waals surface area contributed by atoms with Gasteiger partial charge in [-0.3, -0.25) is 0 Å². The molecule has 0 atom stereocenters. The highest BCUT2D eigenvalue weighted by Gasteiger charge is 2.30. The lowest BCUT2D eigenvalue weighted by Gasteiger charge is -2.19. The molecule has 0 unspecified atom stereocenters. The molecule has 1 aromatic heterocycles. The van der Waals surface area contributed by atoms with Crippen LogP contribution in [0.25, 0.3) is 5.69 Å². The van der Waals surface area contributed by atoms with E-state index in [9.17, 15) is 8.78 Å². The molecule has 5 heteroatoms. The highest BCUT2D eigenvalue weighted by atomic mass is 19.1. The van der Waals surface area contributed by atoms with Gasteiger partial charge in [-0.2, -0.15) is 5.10 Å². The lowest BCUT2D eigenvalue weighted by molar-refractivity contribution is 0.252. The van der Waals surface area contributed by atoms with Gasteiger partial charge in [0.1, 0.15) is 19.2 Å². The highest BCUT2D eigenvalue weighted by molar-refractivity contribution is 5.44. The van der Waals surface area contributed by atoms with Crippen LogP contribution in [0.2, 0.25) is 0 Å². The molecule has 1 heterocycles. The Morgan fingerprint density at radius 3 is 2.39 bits per heavy atom. The first-order chi connectivity index (χ1) is 8.60. The lowest BCUT2D eigenvalue weighted by Crippen LogP contribution is -2.28. The number of anilines is 1. The number of nitrogen functional groups attached to an aromatic ring is 1. The molecule has 0 saturated carbocycles. The molecule has 0 aliphatic rings. The first kappa shape index (κ1) is 12.5. The summed E-state index contributed by atoms with van der Waals surface area (Å²) in [6, 6.07) is 10.7. The van der Waals surface area contributed by atoms with Crippen LogP contribution in [0.3, 0.4) is 0 Å². The fourth-order valence-electron chi connectivity index (χ4n) is 1.64. The molecule has 0 aliphatic heterocycles. The van der Waals surface area contributed by atoms with Gasteiger partial charge in [-0.25, -0.2) is 13.5 Å². The third kappa shape index (κ3) is 2.08. The Morgan fingerprint density at radius 1 is 1.22 bits per heavy atom. The Bertz CT molecular complexity index is 518. The van der Waals surface area contributed by atoms with Crippen molar-refractivity contribution in [3.8, 4) is 5.69 Å². The van der Waals surface area contributed by atoms with E-state index in [0.29, 0.717) is 11.5 Å². The molecule has 96 valence electrons. The number of nitrogens with zero attached hydrogens (tertiary/aromatic N) is 2. The molecule has 2 rings (SSSR count). The standard InChI is InChI=1S/C13H15F2N3/c1-13(8-14,9-15)11-7-12(16)18(17-11)10-5-3-2-4-6-10/h2-7H,8-9,16H2,1H3. The first-order valence-electron chi connectivity index (χ1n) is 5.64. The van der Waals surface area contributed by atoms with Gasteiger partial charge in [-0.15, -0.1) is 0 Å². The third-order valence-electron chi connectivity index (χ3n) is 2.95. The summed E-state index contributed by atoms with van der Waals surface area (Å²) < 4.78 is 27.4. The molecule has 1 aromatic carbocycles. The third-order valence-corrected chi connectivity index (χ3v) is 2.95. The maximum absolute atomic E-state index is 12.9. The molecule has 3 nitrogen and oxygen atoms in total. The number of aromatic nitrogens is 2. The Morgan fingerprint density at radius 2 is 1.83 bits per heavy atom. The van der Waals surface area contributed by atoms with E-state index >= 15 is 0 Å². The number of hydrogen-bond acceptors (Lipinski definition) is 2. The van der Waals surface area contributed by atoms with Gasteiger partial charge in [0.05, 0.1) is 16.8 Å². The molecule has 0 radical (unpaired) electrons. The predicted molar refractivity (Wildman–Crippen MR) is 67.3 cm³/mol. The molecule has 0 aliphatic carbocycles. The van der Waals surface area contributed by atoms with Gasteiger partial charge in [0.25, 0.3) is 0 Å². The van der Waals surface area contributed by atoms with Gasteiger partial charge in [0.2, 0.25) is 0 Å². The fourth-order valence-corrected chi connectivity index (χ4v) is 1.64. The Labute approximate surface area is 104 Å². The highest BCUT2D eigenvalue weighted by Crippen LogP contribution is 2.27. The van der Waals surface area contributed by atoms with Crippen molar-refractivity contribution in [1.82, 2.24) is 9.78 Å². The van der Waals surface area contributed by atoms with Crippen molar-refractivity contribution in [3.63, 3.8) is 0 Å². The second-order valence-electron chi connectivity index (χ2n) is 4.53. The summed E-state index contributed by atoms with van der Waals surface area (Å²) >= 11 is 0. The van der Waals surface area contributed by atoms with Gasteiger partial charge in [-0.05, 0) is 19.1 Å². The van der Waals surface area contributed by atoms with Crippen molar-refractivity contribution in [1.29, 1.82) is 0 Å². The van der Waals surface area contributed by atoms with E-state index in [-0.39, 0.29) is 0 Å². The van der Waals surface area contributed by atoms with Crippen LogP contribution in [0, 0.1) is 0 Å². The number of alkyl halides is 2. The summed E-state index contributed by atoms with van der Waals surface area (Å²) in [5, 5.41) is 4.21. The minimum atomic E-state index is -1.23. The Balaban J connectivity index is 2.45. The van der Waals surface area contributed by atoms with E-state index in [1.807, 2.05) is 30.3 Å². The van der Waals surface area contributed by atoms with E-state index in [1.54, 1.807) is 0 Å². The number of benzene rings is 1. The van der Waals surface area contributed by atoms with Crippen molar-refractivity contribution in [2.45, 2.75) is 12.3 Å². The molecule has 0 fully saturated rings. The summed E-state index contributed by atoms with van der Waals surface area (Å²) in [4.78, 5) is 0. The zero-order chi connectivity index (χ0) is 13.2. The van der Waals surface area contributed by atoms with Crippen molar-refractivity contribution < 1.29 is 8.78 Å². The van der Waals surface area contributed by atoms with Crippen LogP contribution in [0.4, 0.5) is 14.6 Å². The largest absolute Gasteiger partial charge is 0.384 e. The number of rotatable bonds is 4. The van der Waals surface area contributed by atoms with Crippen LogP contribution in [-0.2, 0) is 5.41 Å². The zero-order valence-electron chi connectivity index (χ0n) is 10.1. The van der Waals surface area contributed by atoms with E-state index in [4.69, 9.17) is 5.73 Å². The van der Waals surface area contributed by atoms with E-state index < -0.39 is 18.8 Å². The van der Waals surface area contributed by atoms with Crippen molar-refractivity contribution in [2.75, 3.05) is 19.1 Å². The topological polar surface area (TPSA) is 43.8 Å². The average Bonchev–Trinajstić information content (AvgIpc) is 2.81. The summed E-state index contributed by atoms with van der Waals surface area (Å²) in [5.74, 6) is 0.365. The summed E-state index contributed by atoms with van der Waals surface area (Å²) in [7, 11) is 0. The minimum Gasteiger partial charge on any atom is -0.384 e. The van der Waals surface area contributed by atoms with Crippen LogP contribution in [-0.4, -0.2) is 23.1 Å². The van der Waals surface area contributed by atoms with Gasteiger partial charge in [0, 0.05) is 6.07 Å². The smallest absolute Gasteiger partial charge is 0.127 e. The second-order valence-corrected chi connectivity index (χ2v) is 4.53. The summed E-state index contributed by atoms with van der Waals surface area (Å²) in [6.45, 7) is -0.131. The van der Waals surface area contributed by atoms with Crippen molar-refractivity contribution >= 4 is 5.82 Å². The van der Waals surface area contributed by atoms with E-state index in [1.165, 1.54) is 17.7 Å². The van der Waals surface area contributed by atoms with Crippen LogP contribution in [0.1, 0.15) is 12.6 Å². The second kappa shape index (κ2) is 4.76. The number of para-hydroxylation sites is 1. The molecular formula is C13H15F2N3. The number of nitrogens with two attached hydrogens (primary N) is 1. The first-order valence-corrected chi connectivity index (χ1v) is 5.64. The maximum Gasteiger partial charge on any atom is 0.127 e. The quantitative estimate of drug-likeness (QED) is 0.907. The lowest BCUT2D eigenvalue weighted by atomic mass is 9.90.